The van der Waals surface area contributed by atoms with E-state index in [9.17, 15) is 9.59 Å². The first-order chi connectivity index (χ1) is 10.5. The molecular weight excluding hydrogens is 284 g/mol. The second kappa shape index (κ2) is 6.97. The quantitative estimate of drug-likeness (QED) is 0.727. The molecule has 0 atom stereocenters. The molecule has 0 aromatic carbocycles. The molecular formula is C14H20N6O2. The van der Waals surface area contributed by atoms with Crippen LogP contribution < -0.4 is 5.32 Å². The van der Waals surface area contributed by atoms with Gasteiger partial charge in [0.1, 0.15) is 0 Å². The van der Waals surface area contributed by atoms with Gasteiger partial charge in [0.25, 0.3) is 0 Å². The largest absolute Gasteiger partial charge is 0.356 e. The molecule has 0 saturated carbocycles. The molecule has 0 aliphatic rings. The number of aryl methyl sites for hydroxylation is 2. The highest BCUT2D eigenvalue weighted by Crippen LogP contribution is 2.13. The molecule has 2 heterocycles. The molecule has 0 saturated heterocycles. The number of amides is 1. The number of aromatic nitrogens is 5. The van der Waals surface area contributed by atoms with Crippen molar-refractivity contribution in [3.05, 3.63) is 28.8 Å². The molecule has 0 radical (unpaired) electrons. The Hall–Kier alpha value is -2.51. The van der Waals surface area contributed by atoms with E-state index in [1.807, 2.05) is 6.92 Å². The summed E-state index contributed by atoms with van der Waals surface area (Å²) >= 11 is 0. The average Bonchev–Trinajstić information content (AvgIpc) is 3.05. The minimum absolute atomic E-state index is 0.00156. The van der Waals surface area contributed by atoms with Crippen LogP contribution in [0.5, 0.6) is 0 Å². The minimum atomic E-state index is -0.0552. The summed E-state index contributed by atoms with van der Waals surface area (Å²) in [6.07, 6.45) is 2.58. The van der Waals surface area contributed by atoms with E-state index in [1.165, 1.54) is 6.92 Å². The van der Waals surface area contributed by atoms with Crippen LogP contribution in [0.4, 0.5) is 0 Å². The summed E-state index contributed by atoms with van der Waals surface area (Å²) in [5, 5.41) is 17.3. The van der Waals surface area contributed by atoms with E-state index in [0.29, 0.717) is 37.2 Å². The van der Waals surface area contributed by atoms with Gasteiger partial charge in [0.15, 0.2) is 5.78 Å². The van der Waals surface area contributed by atoms with Gasteiger partial charge in [-0.2, -0.15) is 20.5 Å². The van der Waals surface area contributed by atoms with Crippen molar-refractivity contribution in [1.82, 2.24) is 30.5 Å². The molecule has 0 unspecified atom stereocenters. The first kappa shape index (κ1) is 15.9. The number of nitrogens with zero attached hydrogens (tertiary/aromatic N) is 4. The van der Waals surface area contributed by atoms with Gasteiger partial charge >= 0.3 is 0 Å². The summed E-state index contributed by atoms with van der Waals surface area (Å²) in [7, 11) is 0. The monoisotopic (exact) mass is 304 g/mol. The molecule has 0 aliphatic carbocycles. The van der Waals surface area contributed by atoms with Crippen LogP contribution in [-0.4, -0.2) is 43.4 Å². The molecule has 2 N–H and O–H groups in total. The van der Waals surface area contributed by atoms with Crippen LogP contribution in [0.1, 0.15) is 40.8 Å². The zero-order valence-corrected chi connectivity index (χ0v) is 13.0. The van der Waals surface area contributed by atoms with Gasteiger partial charge in [0.05, 0.1) is 23.1 Å². The van der Waals surface area contributed by atoms with Crippen LogP contribution in [0.2, 0.25) is 0 Å². The highest BCUT2D eigenvalue weighted by atomic mass is 16.1. The highest BCUT2D eigenvalue weighted by Gasteiger charge is 2.15. The van der Waals surface area contributed by atoms with E-state index in [2.05, 4.69) is 25.8 Å². The van der Waals surface area contributed by atoms with E-state index >= 15 is 0 Å². The van der Waals surface area contributed by atoms with Gasteiger partial charge in [-0.15, -0.1) is 0 Å². The van der Waals surface area contributed by atoms with Crippen molar-refractivity contribution < 1.29 is 9.59 Å². The van der Waals surface area contributed by atoms with Gasteiger partial charge in [-0.3, -0.25) is 14.3 Å². The standard InChI is InChI=1S/C14H20N6O2/c1-9-14(11(3)21)10(2)20(18-9)7-5-13(22)15-6-4-12-8-16-19-17-12/h8H,4-7H2,1-3H3,(H,15,22)(H,16,17,19). The van der Waals surface area contributed by atoms with Crippen LogP contribution >= 0.6 is 0 Å². The SMILES string of the molecule is CC(=O)c1c(C)nn(CCC(=O)NCCc2cn[nH]n2)c1C. The van der Waals surface area contributed by atoms with Crippen LogP contribution in [0.15, 0.2) is 6.20 Å². The van der Waals surface area contributed by atoms with E-state index in [4.69, 9.17) is 0 Å². The van der Waals surface area contributed by atoms with E-state index in [-0.39, 0.29) is 11.7 Å². The predicted molar refractivity (Wildman–Crippen MR) is 79.4 cm³/mol. The van der Waals surface area contributed by atoms with Crippen LogP contribution in [0, 0.1) is 13.8 Å². The Kier molecular flexibility index (Phi) is 5.03. The summed E-state index contributed by atoms with van der Waals surface area (Å²) in [5.41, 5.74) is 2.97. The first-order valence-electron chi connectivity index (χ1n) is 7.15. The minimum Gasteiger partial charge on any atom is -0.356 e. The number of Topliss-reactive ketones (excluding diaryl/α,β-unsaturated/α-hetero) is 1. The molecule has 8 heteroatoms. The van der Waals surface area contributed by atoms with Gasteiger partial charge in [-0.1, -0.05) is 0 Å². The maximum absolute atomic E-state index is 11.8. The lowest BCUT2D eigenvalue weighted by Gasteiger charge is -2.06. The number of rotatable bonds is 7. The van der Waals surface area contributed by atoms with Gasteiger partial charge in [0.2, 0.25) is 5.91 Å². The van der Waals surface area contributed by atoms with Crippen molar-refractivity contribution in [3.63, 3.8) is 0 Å². The zero-order chi connectivity index (χ0) is 16.1. The van der Waals surface area contributed by atoms with Crippen LogP contribution in [-0.2, 0) is 17.8 Å². The third kappa shape index (κ3) is 3.78. The lowest BCUT2D eigenvalue weighted by Crippen LogP contribution is -2.27. The van der Waals surface area contributed by atoms with Crippen LogP contribution in [0.3, 0.4) is 0 Å². The van der Waals surface area contributed by atoms with E-state index in [0.717, 1.165) is 11.4 Å². The average molecular weight is 304 g/mol. The molecule has 0 spiro atoms. The smallest absolute Gasteiger partial charge is 0.221 e. The summed E-state index contributed by atoms with van der Waals surface area (Å²) in [6.45, 7) is 6.15. The Morgan fingerprint density at radius 3 is 2.73 bits per heavy atom. The van der Waals surface area contributed by atoms with Crippen molar-refractivity contribution in [2.24, 2.45) is 0 Å². The summed E-state index contributed by atoms with van der Waals surface area (Å²) in [6, 6.07) is 0. The third-order valence-corrected chi connectivity index (χ3v) is 3.45. The highest BCUT2D eigenvalue weighted by molar-refractivity contribution is 5.96. The Morgan fingerprint density at radius 1 is 1.36 bits per heavy atom. The normalized spacial score (nSPS) is 10.7. The van der Waals surface area contributed by atoms with E-state index in [1.54, 1.807) is 17.8 Å². The lowest BCUT2D eigenvalue weighted by atomic mass is 10.1. The molecule has 2 aromatic heterocycles. The molecule has 1 amide bonds. The maximum Gasteiger partial charge on any atom is 0.221 e. The van der Waals surface area contributed by atoms with Crippen molar-refractivity contribution in [3.8, 4) is 0 Å². The van der Waals surface area contributed by atoms with Crippen LogP contribution in [0.25, 0.3) is 0 Å². The Labute approximate surface area is 128 Å². The Morgan fingerprint density at radius 2 is 2.14 bits per heavy atom. The number of ketones is 1. The Bertz CT molecular complexity index is 659. The number of nitrogens with one attached hydrogen (secondary N) is 2. The molecule has 0 bridgehead atoms. The molecule has 22 heavy (non-hydrogen) atoms. The van der Waals surface area contributed by atoms with E-state index < -0.39 is 0 Å². The van der Waals surface area contributed by atoms with Crippen molar-refractivity contribution in [1.29, 1.82) is 0 Å². The van der Waals surface area contributed by atoms with Gasteiger partial charge in [0, 0.05) is 31.6 Å². The van der Waals surface area contributed by atoms with Gasteiger partial charge in [-0.25, -0.2) is 0 Å². The fourth-order valence-corrected chi connectivity index (χ4v) is 2.40. The topological polar surface area (TPSA) is 106 Å². The number of hydrogen-bond acceptors (Lipinski definition) is 5. The molecule has 2 aromatic rings. The number of carbonyl (C=O) groups is 2. The zero-order valence-electron chi connectivity index (χ0n) is 13.0. The molecule has 0 fully saturated rings. The molecule has 2 rings (SSSR count). The lowest BCUT2D eigenvalue weighted by molar-refractivity contribution is -0.121. The molecule has 118 valence electrons. The second-order valence-electron chi connectivity index (χ2n) is 5.14. The summed E-state index contributed by atoms with van der Waals surface area (Å²) < 4.78 is 1.71. The number of hydrogen-bond donors (Lipinski definition) is 2. The summed E-state index contributed by atoms with van der Waals surface area (Å²) in [4.78, 5) is 23.4. The fourth-order valence-electron chi connectivity index (χ4n) is 2.40. The number of H-pyrrole nitrogens is 1. The number of carbonyl (C=O) groups excluding carboxylic acids is 2. The first-order valence-corrected chi connectivity index (χ1v) is 7.15. The second-order valence-corrected chi connectivity index (χ2v) is 5.14. The maximum atomic E-state index is 11.8. The van der Waals surface area contributed by atoms with Crippen molar-refractivity contribution in [2.75, 3.05) is 6.54 Å². The molecule has 8 nitrogen and oxygen atoms in total. The Balaban J connectivity index is 1.81. The molecule has 0 aliphatic heterocycles. The van der Waals surface area contributed by atoms with Crippen molar-refractivity contribution in [2.45, 2.75) is 40.2 Å². The van der Waals surface area contributed by atoms with Crippen molar-refractivity contribution >= 4 is 11.7 Å². The van der Waals surface area contributed by atoms with Gasteiger partial charge < -0.3 is 5.32 Å². The number of aromatic amines is 1. The van der Waals surface area contributed by atoms with Gasteiger partial charge in [-0.05, 0) is 20.8 Å². The summed E-state index contributed by atoms with van der Waals surface area (Å²) in [5.74, 6) is -0.0567. The fraction of sp³-hybridized carbons (Fsp3) is 0.500. The third-order valence-electron chi connectivity index (χ3n) is 3.45. The predicted octanol–water partition coefficient (Wildman–Crippen LogP) is 0.570.